The second-order valence-corrected chi connectivity index (χ2v) is 7.26. The van der Waals surface area contributed by atoms with Crippen molar-refractivity contribution in [1.82, 2.24) is 4.90 Å². The van der Waals surface area contributed by atoms with Crippen LogP contribution < -0.4 is 5.73 Å². The Morgan fingerprint density at radius 2 is 1.85 bits per heavy atom. The molecule has 112 valence electrons. The van der Waals surface area contributed by atoms with Crippen molar-refractivity contribution in [3.05, 3.63) is 35.4 Å². The standard InChI is InChI=1S/C18H30N2/c1-18(2,3)15-10-8-14(9-11-15)16(13-19)17-7-5-6-12-20(17)4/h8-11,16-17H,5-7,12-13,19H2,1-4H3. The summed E-state index contributed by atoms with van der Waals surface area (Å²) in [6, 6.07) is 9.75. The number of hydrogen-bond acceptors (Lipinski definition) is 2. The summed E-state index contributed by atoms with van der Waals surface area (Å²) in [6.07, 6.45) is 3.94. The van der Waals surface area contributed by atoms with E-state index in [2.05, 4.69) is 57.0 Å². The summed E-state index contributed by atoms with van der Waals surface area (Å²) in [5.74, 6) is 0.467. The highest BCUT2D eigenvalue weighted by molar-refractivity contribution is 5.30. The number of benzene rings is 1. The van der Waals surface area contributed by atoms with E-state index in [0.29, 0.717) is 12.0 Å². The van der Waals surface area contributed by atoms with Crippen molar-refractivity contribution >= 4 is 0 Å². The molecule has 0 amide bonds. The van der Waals surface area contributed by atoms with Gasteiger partial charge in [0, 0.05) is 18.5 Å². The van der Waals surface area contributed by atoms with Crippen molar-refractivity contribution < 1.29 is 0 Å². The third-order valence-electron chi connectivity index (χ3n) is 4.75. The zero-order chi connectivity index (χ0) is 14.8. The molecule has 0 aromatic heterocycles. The van der Waals surface area contributed by atoms with Gasteiger partial charge in [-0.15, -0.1) is 0 Å². The van der Waals surface area contributed by atoms with E-state index >= 15 is 0 Å². The minimum absolute atomic E-state index is 0.221. The maximum absolute atomic E-state index is 6.10. The molecule has 0 saturated carbocycles. The summed E-state index contributed by atoms with van der Waals surface area (Å²) in [5.41, 5.74) is 9.11. The Labute approximate surface area is 124 Å². The number of nitrogens with two attached hydrogens (primary N) is 1. The van der Waals surface area contributed by atoms with Crippen LogP contribution >= 0.6 is 0 Å². The summed E-state index contributed by atoms with van der Waals surface area (Å²) < 4.78 is 0. The van der Waals surface area contributed by atoms with E-state index in [1.54, 1.807) is 0 Å². The van der Waals surface area contributed by atoms with Crippen LogP contribution in [-0.4, -0.2) is 31.1 Å². The third-order valence-corrected chi connectivity index (χ3v) is 4.75. The van der Waals surface area contributed by atoms with Gasteiger partial charge < -0.3 is 10.6 Å². The number of rotatable bonds is 3. The van der Waals surface area contributed by atoms with Crippen molar-refractivity contribution in [3.8, 4) is 0 Å². The lowest BCUT2D eigenvalue weighted by Crippen LogP contribution is -2.42. The quantitative estimate of drug-likeness (QED) is 0.914. The van der Waals surface area contributed by atoms with Crippen LogP contribution in [-0.2, 0) is 5.41 Å². The van der Waals surface area contributed by atoms with Gasteiger partial charge in [-0.2, -0.15) is 0 Å². The summed E-state index contributed by atoms with van der Waals surface area (Å²) in [6.45, 7) is 8.73. The monoisotopic (exact) mass is 274 g/mol. The number of hydrogen-bond donors (Lipinski definition) is 1. The molecular weight excluding hydrogens is 244 g/mol. The molecule has 2 atom stereocenters. The lowest BCUT2D eigenvalue weighted by atomic mass is 9.82. The van der Waals surface area contributed by atoms with Gasteiger partial charge in [-0.25, -0.2) is 0 Å². The largest absolute Gasteiger partial charge is 0.330 e. The minimum atomic E-state index is 0.221. The van der Waals surface area contributed by atoms with E-state index in [1.807, 2.05) is 0 Å². The number of likely N-dealkylation sites (N-methyl/N-ethyl adjacent to an activating group) is 1. The van der Waals surface area contributed by atoms with Gasteiger partial charge in [0.25, 0.3) is 0 Å². The Morgan fingerprint density at radius 3 is 2.35 bits per heavy atom. The number of likely N-dealkylation sites (tertiary alicyclic amines) is 1. The fourth-order valence-electron chi connectivity index (χ4n) is 3.35. The first-order chi connectivity index (χ1) is 9.43. The van der Waals surface area contributed by atoms with Crippen LogP contribution in [0.1, 0.15) is 57.1 Å². The molecule has 1 heterocycles. The van der Waals surface area contributed by atoms with Crippen molar-refractivity contribution in [2.75, 3.05) is 20.1 Å². The predicted molar refractivity (Wildman–Crippen MR) is 87.2 cm³/mol. The lowest BCUT2D eigenvalue weighted by Gasteiger charge is -2.38. The average Bonchev–Trinajstić information content (AvgIpc) is 2.41. The zero-order valence-corrected chi connectivity index (χ0v) is 13.5. The molecule has 0 spiro atoms. The predicted octanol–water partition coefficient (Wildman–Crippen LogP) is 3.51. The fraction of sp³-hybridized carbons (Fsp3) is 0.667. The molecule has 2 unspecified atom stereocenters. The highest BCUT2D eigenvalue weighted by Crippen LogP contribution is 2.30. The van der Waals surface area contributed by atoms with Gasteiger partial charge >= 0.3 is 0 Å². The van der Waals surface area contributed by atoms with Crippen molar-refractivity contribution in [1.29, 1.82) is 0 Å². The molecule has 2 N–H and O–H groups in total. The maximum atomic E-state index is 6.10. The number of nitrogens with zero attached hydrogens (tertiary/aromatic N) is 1. The molecule has 0 radical (unpaired) electrons. The third kappa shape index (κ3) is 3.42. The minimum Gasteiger partial charge on any atom is -0.330 e. The average molecular weight is 274 g/mol. The topological polar surface area (TPSA) is 29.3 Å². The van der Waals surface area contributed by atoms with Gasteiger partial charge in [0.15, 0.2) is 0 Å². The van der Waals surface area contributed by atoms with Gasteiger partial charge in [-0.3, -0.25) is 0 Å². The van der Waals surface area contributed by atoms with Gasteiger partial charge in [-0.05, 0) is 43.0 Å². The van der Waals surface area contributed by atoms with Gasteiger partial charge in [0.2, 0.25) is 0 Å². The van der Waals surface area contributed by atoms with Gasteiger partial charge in [0.05, 0.1) is 0 Å². The van der Waals surface area contributed by atoms with Crippen LogP contribution in [0, 0.1) is 0 Å². The summed E-state index contributed by atoms with van der Waals surface area (Å²) in [4.78, 5) is 2.50. The molecule has 1 saturated heterocycles. The molecule has 2 heteroatoms. The van der Waals surface area contributed by atoms with E-state index in [0.717, 1.165) is 6.54 Å². The Bertz CT molecular complexity index is 416. The van der Waals surface area contributed by atoms with Crippen LogP contribution in [0.2, 0.25) is 0 Å². The molecule has 1 fully saturated rings. The maximum Gasteiger partial charge on any atom is 0.0173 e. The molecule has 2 rings (SSSR count). The smallest absolute Gasteiger partial charge is 0.0173 e. The zero-order valence-electron chi connectivity index (χ0n) is 13.5. The summed E-state index contributed by atoms with van der Waals surface area (Å²) >= 11 is 0. The van der Waals surface area contributed by atoms with E-state index < -0.39 is 0 Å². The van der Waals surface area contributed by atoms with Crippen molar-refractivity contribution in [3.63, 3.8) is 0 Å². The Kier molecular flexibility index (Phi) is 4.87. The Morgan fingerprint density at radius 1 is 1.20 bits per heavy atom. The van der Waals surface area contributed by atoms with E-state index in [9.17, 15) is 0 Å². The SMILES string of the molecule is CN1CCCCC1C(CN)c1ccc(C(C)(C)C)cc1. The molecule has 1 aromatic carbocycles. The molecule has 20 heavy (non-hydrogen) atoms. The van der Waals surface area contributed by atoms with Gasteiger partial charge in [0.1, 0.15) is 0 Å². The van der Waals surface area contributed by atoms with Crippen LogP contribution in [0.25, 0.3) is 0 Å². The molecule has 2 nitrogen and oxygen atoms in total. The van der Waals surface area contributed by atoms with Gasteiger partial charge in [-0.1, -0.05) is 51.5 Å². The molecule has 1 aromatic rings. The van der Waals surface area contributed by atoms with Crippen LogP contribution in [0.15, 0.2) is 24.3 Å². The highest BCUT2D eigenvalue weighted by atomic mass is 15.1. The van der Waals surface area contributed by atoms with E-state index in [1.165, 1.54) is 36.9 Å². The molecule has 0 aliphatic carbocycles. The molecule has 1 aliphatic heterocycles. The normalized spacial score (nSPS) is 22.8. The molecule has 1 aliphatic rings. The van der Waals surface area contributed by atoms with E-state index in [-0.39, 0.29) is 5.41 Å². The first-order valence-corrected chi connectivity index (χ1v) is 7.94. The first kappa shape index (κ1) is 15.5. The van der Waals surface area contributed by atoms with Crippen LogP contribution in [0.4, 0.5) is 0 Å². The number of piperidine rings is 1. The Balaban J connectivity index is 2.19. The Hall–Kier alpha value is -0.860. The van der Waals surface area contributed by atoms with Crippen molar-refractivity contribution in [2.45, 2.75) is 57.4 Å². The second kappa shape index (κ2) is 6.28. The summed E-state index contributed by atoms with van der Waals surface area (Å²) in [5, 5.41) is 0. The van der Waals surface area contributed by atoms with E-state index in [4.69, 9.17) is 5.73 Å². The molecular formula is C18H30N2. The molecule has 0 bridgehead atoms. The second-order valence-electron chi connectivity index (χ2n) is 7.26. The summed E-state index contributed by atoms with van der Waals surface area (Å²) in [7, 11) is 2.25. The van der Waals surface area contributed by atoms with Crippen LogP contribution in [0.5, 0.6) is 0 Å². The first-order valence-electron chi connectivity index (χ1n) is 7.94. The lowest BCUT2D eigenvalue weighted by molar-refractivity contribution is 0.160. The van der Waals surface area contributed by atoms with Crippen molar-refractivity contribution in [2.24, 2.45) is 5.73 Å². The van der Waals surface area contributed by atoms with Crippen LogP contribution in [0.3, 0.4) is 0 Å². The highest BCUT2D eigenvalue weighted by Gasteiger charge is 2.28. The fourth-order valence-corrected chi connectivity index (χ4v) is 3.35.